The first-order valence-electron chi connectivity index (χ1n) is 20.5. The van der Waals surface area contributed by atoms with E-state index in [0.717, 1.165) is 51.4 Å². The number of ether oxygens (including phenoxy) is 2. The molecule has 0 aromatic rings. The van der Waals surface area contributed by atoms with Gasteiger partial charge in [-0.2, -0.15) is 0 Å². The largest absolute Gasteiger partial charge is 0.472 e. The Morgan fingerprint density at radius 1 is 0.615 bits per heavy atom. The van der Waals surface area contributed by atoms with Crippen molar-refractivity contribution in [1.29, 1.82) is 0 Å². The molecule has 2 unspecified atom stereocenters. The number of carbonyl (C=O) groups is 1. The van der Waals surface area contributed by atoms with Crippen molar-refractivity contribution in [1.82, 2.24) is 0 Å². The van der Waals surface area contributed by atoms with Gasteiger partial charge in [-0.25, -0.2) is 4.57 Å². The summed E-state index contributed by atoms with van der Waals surface area (Å²) in [6.07, 6.45) is 44.0. The van der Waals surface area contributed by atoms with E-state index in [-0.39, 0.29) is 32.2 Å². The van der Waals surface area contributed by atoms with Crippen LogP contribution in [0.5, 0.6) is 0 Å². The highest BCUT2D eigenvalue weighted by atomic mass is 31.2. The third-order valence-electron chi connectivity index (χ3n) is 8.31. The highest BCUT2D eigenvalue weighted by Crippen LogP contribution is 2.43. The van der Waals surface area contributed by atoms with E-state index in [4.69, 9.17) is 18.5 Å². The number of phosphoric ester groups is 1. The van der Waals surface area contributed by atoms with Gasteiger partial charge in [0.25, 0.3) is 0 Å². The molecule has 0 aromatic heterocycles. The minimum atomic E-state index is -4.29. The topological polar surface area (TPSA) is 91.3 Å². The highest BCUT2D eigenvalue weighted by Gasteiger charge is 2.26. The fourth-order valence-electron chi connectivity index (χ4n) is 5.12. The standard InChI is InChI=1S/C43H78NO7P/c1-6-8-10-12-14-16-18-20-22-24-26-28-30-32-34-36-43(45)51-42(41-50-52(46,47)49-39-37-44(3,4)5)40-48-38-35-33-31-29-27-25-23-21-19-17-15-13-11-9-7-2/h8,10,14,16,19-22,26,28,42H,6-7,9,11-13,15,17-18,23-25,27,29-41H2,1-5H3/p+1/b10-8-,16-14-,21-19-,22-20-,28-26-. The Balaban J connectivity index is 4.37. The molecule has 0 spiro atoms. The Labute approximate surface area is 320 Å². The third kappa shape index (κ3) is 39.4. The van der Waals surface area contributed by atoms with Crippen LogP contribution in [0, 0.1) is 0 Å². The molecule has 0 aromatic carbocycles. The van der Waals surface area contributed by atoms with Gasteiger partial charge in [0.2, 0.25) is 0 Å². The van der Waals surface area contributed by atoms with Crippen molar-refractivity contribution in [2.24, 2.45) is 0 Å². The van der Waals surface area contributed by atoms with Gasteiger partial charge in [-0.05, 0) is 77.0 Å². The SMILES string of the molecule is CC/C=C\C/C=C\C/C=C\C/C=C\CCCCC(=O)OC(COCCCCCCCC/C=C\CCCCCCC)COP(=O)(O)OCC[N+](C)(C)C. The van der Waals surface area contributed by atoms with E-state index in [1.807, 2.05) is 21.1 Å². The molecule has 0 bridgehead atoms. The predicted molar refractivity (Wildman–Crippen MR) is 219 cm³/mol. The van der Waals surface area contributed by atoms with E-state index in [1.54, 1.807) is 0 Å². The van der Waals surface area contributed by atoms with Crippen molar-refractivity contribution >= 4 is 13.8 Å². The number of quaternary nitrogens is 1. The lowest BCUT2D eigenvalue weighted by Crippen LogP contribution is -2.37. The monoisotopic (exact) mass is 753 g/mol. The molecule has 0 aliphatic heterocycles. The van der Waals surface area contributed by atoms with Gasteiger partial charge in [0.15, 0.2) is 0 Å². The number of unbranched alkanes of at least 4 members (excludes halogenated alkanes) is 13. The molecule has 0 aliphatic rings. The molecule has 302 valence electrons. The number of allylic oxidation sites excluding steroid dienone is 10. The Morgan fingerprint density at radius 3 is 1.69 bits per heavy atom. The molecule has 0 aliphatic carbocycles. The zero-order chi connectivity index (χ0) is 38.4. The molecular weight excluding hydrogens is 673 g/mol. The summed E-state index contributed by atoms with van der Waals surface area (Å²) >= 11 is 0. The first-order valence-corrected chi connectivity index (χ1v) is 22.0. The zero-order valence-electron chi connectivity index (χ0n) is 34.0. The van der Waals surface area contributed by atoms with Crippen LogP contribution in [-0.4, -0.2) is 75.6 Å². The molecule has 2 atom stereocenters. The summed E-state index contributed by atoms with van der Waals surface area (Å²) in [5.74, 6) is -0.358. The molecule has 8 nitrogen and oxygen atoms in total. The fourth-order valence-corrected chi connectivity index (χ4v) is 5.87. The summed E-state index contributed by atoms with van der Waals surface area (Å²) in [6.45, 7) is 5.41. The molecule has 52 heavy (non-hydrogen) atoms. The molecule has 0 radical (unpaired) electrons. The number of rotatable bonds is 37. The second-order valence-electron chi connectivity index (χ2n) is 14.6. The predicted octanol–water partition coefficient (Wildman–Crippen LogP) is 11.8. The number of likely N-dealkylation sites (N-methyl/N-ethyl adjacent to an activating group) is 1. The van der Waals surface area contributed by atoms with E-state index in [1.165, 1.54) is 70.6 Å². The summed E-state index contributed by atoms with van der Waals surface area (Å²) in [6, 6.07) is 0. The Morgan fingerprint density at radius 2 is 1.12 bits per heavy atom. The van der Waals surface area contributed by atoms with Gasteiger partial charge in [0.1, 0.15) is 19.3 Å². The van der Waals surface area contributed by atoms with Gasteiger partial charge >= 0.3 is 13.8 Å². The van der Waals surface area contributed by atoms with Crippen molar-refractivity contribution < 1.29 is 37.3 Å². The van der Waals surface area contributed by atoms with Crippen molar-refractivity contribution in [2.75, 3.05) is 54.1 Å². The maximum Gasteiger partial charge on any atom is 0.472 e. The molecule has 9 heteroatoms. The molecule has 1 N–H and O–H groups in total. The number of carbonyl (C=O) groups excluding carboxylic acids is 1. The van der Waals surface area contributed by atoms with Gasteiger partial charge in [-0.3, -0.25) is 13.8 Å². The number of hydrogen-bond acceptors (Lipinski definition) is 6. The van der Waals surface area contributed by atoms with Crippen molar-refractivity contribution in [3.63, 3.8) is 0 Å². The van der Waals surface area contributed by atoms with Crippen molar-refractivity contribution in [3.05, 3.63) is 60.8 Å². The molecule has 0 fully saturated rings. The highest BCUT2D eigenvalue weighted by molar-refractivity contribution is 7.47. The quantitative estimate of drug-likeness (QED) is 0.0222. The average Bonchev–Trinajstić information content (AvgIpc) is 3.09. The van der Waals surface area contributed by atoms with Crippen LogP contribution in [0.4, 0.5) is 0 Å². The Kier molecular flexibility index (Phi) is 34.9. The molecule has 0 rings (SSSR count). The Hall–Kier alpha value is -1.80. The van der Waals surface area contributed by atoms with E-state index >= 15 is 0 Å². The van der Waals surface area contributed by atoms with Crippen molar-refractivity contribution in [3.8, 4) is 0 Å². The number of nitrogens with zero attached hydrogens (tertiary/aromatic N) is 1. The summed E-state index contributed by atoms with van der Waals surface area (Å²) in [7, 11) is 1.63. The summed E-state index contributed by atoms with van der Waals surface area (Å²) in [5.41, 5.74) is 0. The van der Waals surface area contributed by atoms with Gasteiger partial charge in [-0.15, -0.1) is 0 Å². The van der Waals surface area contributed by atoms with Crippen LogP contribution in [0.2, 0.25) is 0 Å². The lowest BCUT2D eigenvalue weighted by Gasteiger charge is -2.24. The maximum absolute atomic E-state index is 12.6. The molecule has 0 saturated carbocycles. The van der Waals surface area contributed by atoms with Gasteiger partial charge in [-0.1, -0.05) is 126 Å². The smallest absolute Gasteiger partial charge is 0.457 e. The second kappa shape index (κ2) is 36.2. The van der Waals surface area contributed by atoms with Crippen LogP contribution in [0.25, 0.3) is 0 Å². The third-order valence-corrected chi connectivity index (χ3v) is 9.30. The minimum absolute atomic E-state index is 0.0768. The van der Waals surface area contributed by atoms with Crippen LogP contribution < -0.4 is 0 Å². The Bertz CT molecular complexity index is 1020. The summed E-state index contributed by atoms with van der Waals surface area (Å²) < 4.78 is 34.9. The van der Waals surface area contributed by atoms with E-state index in [2.05, 4.69) is 74.6 Å². The van der Waals surface area contributed by atoms with Gasteiger partial charge in [0, 0.05) is 13.0 Å². The van der Waals surface area contributed by atoms with E-state index in [0.29, 0.717) is 24.1 Å². The lowest BCUT2D eigenvalue weighted by atomic mass is 10.1. The molecular formula is C43H79NO7P+. The fraction of sp³-hybridized carbons (Fsp3) is 0.744. The van der Waals surface area contributed by atoms with Gasteiger partial charge in [0.05, 0.1) is 34.4 Å². The van der Waals surface area contributed by atoms with Crippen LogP contribution >= 0.6 is 7.82 Å². The normalized spacial score (nSPS) is 14.5. The van der Waals surface area contributed by atoms with Crippen LogP contribution in [-0.2, 0) is 27.9 Å². The number of hydrogen-bond donors (Lipinski definition) is 1. The molecule has 0 heterocycles. The van der Waals surface area contributed by atoms with E-state index in [9.17, 15) is 14.3 Å². The maximum atomic E-state index is 12.6. The second-order valence-corrected chi connectivity index (χ2v) is 16.1. The van der Waals surface area contributed by atoms with Crippen LogP contribution in [0.1, 0.15) is 149 Å². The summed E-state index contributed by atoms with van der Waals surface area (Å²) in [4.78, 5) is 22.8. The average molecular weight is 753 g/mol. The zero-order valence-corrected chi connectivity index (χ0v) is 34.9. The number of esters is 1. The lowest BCUT2D eigenvalue weighted by molar-refractivity contribution is -0.870. The number of phosphoric acid groups is 1. The van der Waals surface area contributed by atoms with Crippen LogP contribution in [0.15, 0.2) is 60.8 Å². The molecule has 0 amide bonds. The van der Waals surface area contributed by atoms with Crippen molar-refractivity contribution in [2.45, 2.75) is 155 Å². The summed E-state index contributed by atoms with van der Waals surface area (Å²) in [5, 5.41) is 0. The van der Waals surface area contributed by atoms with Crippen LogP contribution in [0.3, 0.4) is 0 Å². The molecule has 0 saturated heterocycles. The first kappa shape index (κ1) is 50.2. The van der Waals surface area contributed by atoms with E-state index < -0.39 is 13.9 Å². The van der Waals surface area contributed by atoms with Gasteiger partial charge < -0.3 is 18.9 Å². The first-order chi connectivity index (χ1) is 25.1. The minimum Gasteiger partial charge on any atom is -0.457 e.